The van der Waals surface area contributed by atoms with Crippen LogP contribution in [-0.4, -0.2) is 24.3 Å². The van der Waals surface area contributed by atoms with Gasteiger partial charge in [0, 0.05) is 6.20 Å². The van der Waals surface area contributed by atoms with E-state index in [2.05, 4.69) is 4.98 Å². The summed E-state index contributed by atoms with van der Waals surface area (Å²) in [6.45, 7) is -0.0650. The molecule has 0 aromatic carbocycles. The third kappa shape index (κ3) is 1.69. The fourth-order valence-electron chi connectivity index (χ4n) is 1.61. The second-order valence-electron chi connectivity index (χ2n) is 3.32. The molecular formula is C8H11NO3S2. The van der Waals surface area contributed by atoms with E-state index in [0.717, 1.165) is 11.3 Å². The lowest BCUT2D eigenvalue weighted by molar-refractivity contribution is 0.285. The average molecular weight is 233 g/mol. The first kappa shape index (κ1) is 10.1. The van der Waals surface area contributed by atoms with Gasteiger partial charge in [-0.2, -0.15) is 0 Å². The van der Waals surface area contributed by atoms with Crippen LogP contribution in [0.1, 0.15) is 28.0 Å². The molecule has 1 aliphatic heterocycles. The second kappa shape index (κ2) is 3.60. The lowest BCUT2D eigenvalue weighted by atomic mass is 10.3. The molecule has 1 fully saturated rings. The molecule has 6 heteroatoms. The molecular weight excluding hydrogens is 222 g/mol. The highest BCUT2D eigenvalue weighted by atomic mass is 32.2. The highest BCUT2D eigenvalue weighted by Crippen LogP contribution is 2.36. The molecule has 0 radical (unpaired) electrons. The van der Waals surface area contributed by atoms with Crippen LogP contribution in [0.25, 0.3) is 0 Å². The van der Waals surface area contributed by atoms with E-state index in [0.29, 0.717) is 11.4 Å². The highest BCUT2D eigenvalue weighted by Gasteiger charge is 2.34. The van der Waals surface area contributed by atoms with E-state index in [1.807, 2.05) is 0 Å². The van der Waals surface area contributed by atoms with Crippen LogP contribution in [0.15, 0.2) is 6.20 Å². The number of aromatic nitrogens is 1. The molecule has 0 bridgehead atoms. The van der Waals surface area contributed by atoms with Crippen LogP contribution in [-0.2, 0) is 16.4 Å². The third-order valence-electron chi connectivity index (χ3n) is 2.33. The van der Waals surface area contributed by atoms with Gasteiger partial charge in [-0.3, -0.25) is 0 Å². The van der Waals surface area contributed by atoms with Gasteiger partial charge in [-0.1, -0.05) is 0 Å². The molecule has 1 unspecified atom stereocenters. The summed E-state index contributed by atoms with van der Waals surface area (Å²) in [5.74, 6) is 0.270. The predicted octanol–water partition coefficient (Wildman–Crippen LogP) is 0.885. The van der Waals surface area contributed by atoms with Gasteiger partial charge in [0.15, 0.2) is 9.84 Å². The zero-order valence-electron chi connectivity index (χ0n) is 7.51. The van der Waals surface area contributed by atoms with Crippen molar-refractivity contribution in [2.24, 2.45) is 0 Å². The Bertz CT molecular complexity index is 424. The molecule has 1 atom stereocenters. The van der Waals surface area contributed by atoms with Crippen LogP contribution < -0.4 is 0 Å². The van der Waals surface area contributed by atoms with Crippen LogP contribution in [0.3, 0.4) is 0 Å². The fourth-order valence-corrected chi connectivity index (χ4v) is 4.74. The van der Waals surface area contributed by atoms with Crippen molar-refractivity contribution in [3.05, 3.63) is 16.1 Å². The summed E-state index contributed by atoms with van der Waals surface area (Å²) in [4.78, 5) is 4.77. The summed E-state index contributed by atoms with van der Waals surface area (Å²) in [5, 5.41) is 9.05. The van der Waals surface area contributed by atoms with Gasteiger partial charge in [-0.05, 0) is 12.8 Å². The van der Waals surface area contributed by atoms with E-state index in [-0.39, 0.29) is 12.4 Å². The molecule has 4 nitrogen and oxygen atoms in total. The standard InChI is InChI=1S/C8H11NO3S2/c10-5-6-4-9-8(13-6)7-2-1-3-14(7,11)12/h4,7,10H,1-3,5H2. The smallest absolute Gasteiger partial charge is 0.159 e. The Morgan fingerprint density at radius 1 is 1.64 bits per heavy atom. The number of sulfone groups is 1. The van der Waals surface area contributed by atoms with E-state index in [1.165, 1.54) is 11.3 Å². The molecule has 14 heavy (non-hydrogen) atoms. The first-order valence-electron chi connectivity index (χ1n) is 4.40. The van der Waals surface area contributed by atoms with Gasteiger partial charge in [0.2, 0.25) is 0 Å². The van der Waals surface area contributed by atoms with Crippen molar-refractivity contribution >= 4 is 21.2 Å². The summed E-state index contributed by atoms with van der Waals surface area (Å²) in [5.41, 5.74) is 0. The minimum absolute atomic E-state index is 0.0650. The van der Waals surface area contributed by atoms with E-state index < -0.39 is 15.1 Å². The van der Waals surface area contributed by atoms with Gasteiger partial charge < -0.3 is 5.11 Å². The molecule has 1 N–H and O–H groups in total. The number of rotatable bonds is 2. The number of hydrogen-bond donors (Lipinski definition) is 1. The summed E-state index contributed by atoms with van der Waals surface area (Å²) in [7, 11) is -2.97. The maximum atomic E-state index is 11.6. The molecule has 0 spiro atoms. The van der Waals surface area contributed by atoms with Gasteiger partial charge in [-0.25, -0.2) is 13.4 Å². The van der Waals surface area contributed by atoms with Gasteiger partial charge in [0.25, 0.3) is 0 Å². The second-order valence-corrected chi connectivity index (χ2v) is 6.77. The van der Waals surface area contributed by atoms with Crippen LogP contribution >= 0.6 is 11.3 Å². The molecule has 0 saturated carbocycles. The van der Waals surface area contributed by atoms with Crippen molar-refractivity contribution in [1.82, 2.24) is 4.98 Å². The first-order chi connectivity index (χ1) is 6.63. The Labute approximate surface area is 86.5 Å². The molecule has 1 aliphatic rings. The largest absolute Gasteiger partial charge is 0.391 e. The zero-order chi connectivity index (χ0) is 10.2. The normalized spacial score (nSPS) is 25.4. The number of aliphatic hydroxyl groups excluding tert-OH is 1. The molecule has 0 aliphatic carbocycles. The Balaban J connectivity index is 2.31. The third-order valence-corrected chi connectivity index (χ3v) is 5.76. The number of nitrogens with zero attached hydrogens (tertiary/aromatic N) is 1. The van der Waals surface area contributed by atoms with Crippen molar-refractivity contribution < 1.29 is 13.5 Å². The summed E-state index contributed by atoms with van der Waals surface area (Å²) in [6, 6.07) is 0. The highest BCUT2D eigenvalue weighted by molar-refractivity contribution is 7.92. The quantitative estimate of drug-likeness (QED) is 0.823. The van der Waals surface area contributed by atoms with Crippen LogP contribution in [0.4, 0.5) is 0 Å². The van der Waals surface area contributed by atoms with Crippen molar-refractivity contribution in [3.8, 4) is 0 Å². The maximum absolute atomic E-state index is 11.6. The summed E-state index contributed by atoms with van der Waals surface area (Å²) < 4.78 is 23.1. The molecule has 78 valence electrons. The lowest BCUT2D eigenvalue weighted by Gasteiger charge is -2.03. The summed E-state index contributed by atoms with van der Waals surface area (Å²) >= 11 is 1.29. The minimum atomic E-state index is -2.97. The number of aliphatic hydroxyl groups is 1. The SMILES string of the molecule is O=S1(=O)CCCC1c1ncc(CO)s1. The van der Waals surface area contributed by atoms with Crippen molar-refractivity contribution in [2.75, 3.05) is 5.75 Å². The Hall–Kier alpha value is -0.460. The maximum Gasteiger partial charge on any atom is 0.159 e. The first-order valence-corrected chi connectivity index (χ1v) is 6.94. The molecule has 1 saturated heterocycles. The van der Waals surface area contributed by atoms with E-state index in [4.69, 9.17) is 5.11 Å². The lowest BCUT2D eigenvalue weighted by Crippen LogP contribution is -2.07. The van der Waals surface area contributed by atoms with E-state index in [9.17, 15) is 8.42 Å². The van der Waals surface area contributed by atoms with Crippen LogP contribution in [0, 0.1) is 0 Å². The van der Waals surface area contributed by atoms with Crippen LogP contribution in [0.5, 0.6) is 0 Å². The summed E-state index contributed by atoms with van der Waals surface area (Å²) in [6.07, 6.45) is 2.94. The van der Waals surface area contributed by atoms with Crippen LogP contribution in [0.2, 0.25) is 0 Å². The minimum Gasteiger partial charge on any atom is -0.391 e. The van der Waals surface area contributed by atoms with Crippen molar-refractivity contribution in [1.29, 1.82) is 0 Å². The molecule has 1 aromatic heterocycles. The van der Waals surface area contributed by atoms with Gasteiger partial charge in [0.1, 0.15) is 10.3 Å². The molecule has 2 rings (SSSR count). The zero-order valence-corrected chi connectivity index (χ0v) is 9.14. The van der Waals surface area contributed by atoms with E-state index >= 15 is 0 Å². The van der Waals surface area contributed by atoms with Gasteiger partial charge in [-0.15, -0.1) is 11.3 Å². The topological polar surface area (TPSA) is 67.3 Å². The average Bonchev–Trinajstić information content (AvgIpc) is 2.70. The van der Waals surface area contributed by atoms with Gasteiger partial charge in [0.05, 0.1) is 17.2 Å². The molecule has 1 aromatic rings. The van der Waals surface area contributed by atoms with Gasteiger partial charge >= 0.3 is 0 Å². The number of hydrogen-bond acceptors (Lipinski definition) is 5. The monoisotopic (exact) mass is 233 g/mol. The fraction of sp³-hybridized carbons (Fsp3) is 0.625. The van der Waals surface area contributed by atoms with Crippen molar-refractivity contribution in [2.45, 2.75) is 24.7 Å². The Kier molecular flexibility index (Phi) is 2.59. The molecule has 2 heterocycles. The Morgan fingerprint density at radius 3 is 2.93 bits per heavy atom. The molecule has 0 amide bonds. The van der Waals surface area contributed by atoms with E-state index in [1.54, 1.807) is 6.20 Å². The predicted molar refractivity (Wildman–Crippen MR) is 53.8 cm³/mol. The number of thiazole rings is 1. The van der Waals surface area contributed by atoms with Crippen molar-refractivity contribution in [3.63, 3.8) is 0 Å². The Morgan fingerprint density at radius 2 is 2.43 bits per heavy atom.